The maximum absolute atomic E-state index is 14.4. The smallest absolute Gasteiger partial charge is 0.331 e. The number of imidazole rings is 1. The molecule has 0 spiro atoms. The Morgan fingerprint density at radius 1 is 1.02 bits per heavy atom. The average Bonchev–Trinajstić information content (AvgIpc) is 3.64. The monoisotopic (exact) mass is 606 g/mol. The standard InChI is InChI=1S/C33H32F2N2O7/c1-4-5-6-32-36-17-24(12-22(33(38)39)11-21-13-30-31(44-19-43-30)16-28(21)41-3)37(32)27-10-9-25(40-2)15-29(27)42-18-20-7-8-23(34)14-26(20)35/h7-10,12-17H,4-6,11,18-19H2,1-3H3,(H,38,39). The van der Waals surface area contributed by atoms with Gasteiger partial charge in [0.25, 0.3) is 0 Å². The molecule has 44 heavy (non-hydrogen) atoms. The third kappa shape index (κ3) is 6.61. The molecule has 1 aromatic heterocycles. The van der Waals surface area contributed by atoms with Crippen molar-refractivity contribution in [1.29, 1.82) is 0 Å². The number of methoxy groups -OCH3 is 2. The van der Waals surface area contributed by atoms with E-state index in [0.717, 1.165) is 18.9 Å². The number of aromatic nitrogens is 2. The van der Waals surface area contributed by atoms with Gasteiger partial charge in [0.1, 0.15) is 41.3 Å². The number of halogens is 2. The Balaban J connectivity index is 1.57. The van der Waals surface area contributed by atoms with Crippen molar-refractivity contribution in [3.8, 4) is 34.4 Å². The van der Waals surface area contributed by atoms with Crippen molar-refractivity contribution < 1.29 is 42.4 Å². The SMILES string of the molecule is CCCCc1ncc(C=C(Cc2cc3c(cc2OC)OCO3)C(=O)O)n1-c1ccc(OC)cc1OCc1ccc(F)cc1F. The van der Waals surface area contributed by atoms with E-state index < -0.39 is 17.6 Å². The second-order valence-electron chi connectivity index (χ2n) is 10.1. The Bertz CT molecular complexity index is 1700. The first-order chi connectivity index (χ1) is 21.3. The summed E-state index contributed by atoms with van der Waals surface area (Å²) in [6.45, 7) is 1.96. The zero-order chi connectivity index (χ0) is 31.2. The van der Waals surface area contributed by atoms with E-state index in [2.05, 4.69) is 11.9 Å². The summed E-state index contributed by atoms with van der Waals surface area (Å²) in [4.78, 5) is 17.2. The second-order valence-corrected chi connectivity index (χ2v) is 10.1. The highest BCUT2D eigenvalue weighted by atomic mass is 19.1. The van der Waals surface area contributed by atoms with E-state index in [4.69, 9.17) is 23.7 Å². The van der Waals surface area contributed by atoms with Crippen LogP contribution in [0, 0.1) is 11.6 Å². The van der Waals surface area contributed by atoms with Crippen molar-refractivity contribution in [3.05, 3.63) is 94.6 Å². The van der Waals surface area contributed by atoms with Crippen molar-refractivity contribution in [1.82, 2.24) is 9.55 Å². The van der Waals surface area contributed by atoms with E-state index in [0.29, 0.717) is 57.9 Å². The van der Waals surface area contributed by atoms with Gasteiger partial charge in [0.05, 0.1) is 31.8 Å². The highest BCUT2D eigenvalue weighted by molar-refractivity contribution is 5.92. The van der Waals surface area contributed by atoms with E-state index in [1.165, 1.54) is 26.4 Å². The lowest BCUT2D eigenvalue weighted by molar-refractivity contribution is -0.132. The Labute approximate surface area is 253 Å². The number of benzene rings is 3. The van der Waals surface area contributed by atoms with E-state index in [9.17, 15) is 18.7 Å². The zero-order valence-corrected chi connectivity index (χ0v) is 24.6. The molecular formula is C33H32F2N2O7. The number of ether oxygens (including phenoxy) is 5. The summed E-state index contributed by atoms with van der Waals surface area (Å²) in [6, 6.07) is 11.8. The minimum atomic E-state index is -1.12. The van der Waals surface area contributed by atoms with Gasteiger partial charge in [0.2, 0.25) is 6.79 Å². The average molecular weight is 607 g/mol. The fraction of sp³-hybridized carbons (Fsp3) is 0.273. The summed E-state index contributed by atoms with van der Waals surface area (Å²) in [7, 11) is 3.02. The van der Waals surface area contributed by atoms with Crippen molar-refractivity contribution in [2.24, 2.45) is 0 Å². The highest BCUT2D eigenvalue weighted by Gasteiger charge is 2.22. The van der Waals surface area contributed by atoms with Crippen molar-refractivity contribution in [2.75, 3.05) is 21.0 Å². The fourth-order valence-electron chi connectivity index (χ4n) is 4.88. The molecule has 9 nitrogen and oxygen atoms in total. The summed E-state index contributed by atoms with van der Waals surface area (Å²) < 4.78 is 57.6. The van der Waals surface area contributed by atoms with Crippen LogP contribution < -0.4 is 23.7 Å². The molecule has 0 bridgehead atoms. The van der Waals surface area contributed by atoms with E-state index in [1.54, 1.807) is 42.6 Å². The molecule has 0 atom stereocenters. The first-order valence-electron chi connectivity index (χ1n) is 14.0. The molecular weight excluding hydrogens is 574 g/mol. The number of aliphatic carboxylic acids is 1. The van der Waals surface area contributed by atoms with Crippen LogP contribution in [0.3, 0.4) is 0 Å². The van der Waals surface area contributed by atoms with Crippen molar-refractivity contribution >= 4 is 12.0 Å². The summed E-state index contributed by atoms with van der Waals surface area (Å²) in [6.07, 6.45) is 5.56. The van der Waals surface area contributed by atoms with Crippen LogP contribution in [0.4, 0.5) is 8.78 Å². The number of unbranched alkanes of at least 4 members (excludes halogenated alkanes) is 1. The van der Waals surface area contributed by atoms with Gasteiger partial charge in [-0.05, 0) is 42.8 Å². The van der Waals surface area contributed by atoms with Gasteiger partial charge in [0.15, 0.2) is 11.5 Å². The molecule has 3 aromatic carbocycles. The molecule has 1 aliphatic rings. The quantitative estimate of drug-likeness (QED) is 0.172. The molecule has 1 N–H and O–H groups in total. The maximum atomic E-state index is 14.4. The fourth-order valence-corrected chi connectivity index (χ4v) is 4.88. The molecule has 1 aliphatic heterocycles. The van der Waals surface area contributed by atoms with Crippen LogP contribution in [0.5, 0.6) is 28.7 Å². The number of fused-ring (bicyclic) bond motifs is 1. The van der Waals surface area contributed by atoms with Gasteiger partial charge in [0, 0.05) is 47.7 Å². The number of carboxylic acid groups (broad SMARTS) is 1. The molecule has 0 fully saturated rings. The number of rotatable bonds is 13. The highest BCUT2D eigenvalue weighted by Crippen LogP contribution is 2.39. The minimum Gasteiger partial charge on any atom is -0.497 e. The van der Waals surface area contributed by atoms with Crippen LogP contribution in [0.15, 0.2) is 60.3 Å². The molecule has 230 valence electrons. The predicted octanol–water partition coefficient (Wildman–Crippen LogP) is 6.53. The van der Waals surface area contributed by atoms with E-state index in [-0.39, 0.29) is 31.0 Å². The molecule has 0 aliphatic carbocycles. The third-order valence-electron chi connectivity index (χ3n) is 7.18. The number of hydrogen-bond acceptors (Lipinski definition) is 7. The molecule has 0 saturated carbocycles. The summed E-state index contributed by atoms with van der Waals surface area (Å²) in [5.41, 5.74) is 1.90. The first kappa shape index (κ1) is 30.4. The predicted molar refractivity (Wildman–Crippen MR) is 158 cm³/mol. The van der Waals surface area contributed by atoms with Crippen LogP contribution in [0.25, 0.3) is 11.8 Å². The van der Waals surface area contributed by atoms with Crippen molar-refractivity contribution in [2.45, 2.75) is 39.2 Å². The Kier molecular flexibility index (Phi) is 9.32. The Hall–Kier alpha value is -5.06. The topological polar surface area (TPSA) is 101 Å². The van der Waals surface area contributed by atoms with Gasteiger partial charge in [-0.3, -0.25) is 4.57 Å². The molecule has 0 unspecified atom stereocenters. The lowest BCUT2D eigenvalue weighted by atomic mass is 10.0. The third-order valence-corrected chi connectivity index (χ3v) is 7.18. The van der Waals surface area contributed by atoms with E-state index in [1.807, 2.05) is 4.57 Å². The summed E-state index contributed by atoms with van der Waals surface area (Å²) >= 11 is 0. The van der Waals surface area contributed by atoms with Crippen LogP contribution >= 0.6 is 0 Å². The minimum absolute atomic E-state index is 0.0282. The Morgan fingerprint density at radius 3 is 2.52 bits per heavy atom. The number of carboxylic acids is 1. The Morgan fingerprint density at radius 2 is 1.82 bits per heavy atom. The number of nitrogens with zero attached hydrogens (tertiary/aromatic N) is 2. The molecule has 5 rings (SSSR count). The molecule has 4 aromatic rings. The van der Waals surface area contributed by atoms with Crippen LogP contribution in [-0.2, 0) is 24.2 Å². The summed E-state index contributed by atoms with van der Waals surface area (Å²) in [5, 5.41) is 10.2. The molecule has 11 heteroatoms. The van der Waals surface area contributed by atoms with Crippen LogP contribution in [0.1, 0.15) is 42.4 Å². The zero-order valence-electron chi connectivity index (χ0n) is 24.6. The van der Waals surface area contributed by atoms with E-state index >= 15 is 0 Å². The molecule has 0 radical (unpaired) electrons. The molecule has 0 saturated heterocycles. The molecule has 2 heterocycles. The van der Waals surface area contributed by atoms with Crippen LogP contribution in [-0.4, -0.2) is 41.6 Å². The normalized spacial score (nSPS) is 12.3. The number of hydrogen-bond donors (Lipinski definition) is 1. The maximum Gasteiger partial charge on any atom is 0.331 e. The molecule has 0 amide bonds. The van der Waals surface area contributed by atoms with Gasteiger partial charge in [-0.15, -0.1) is 0 Å². The summed E-state index contributed by atoms with van der Waals surface area (Å²) in [5.74, 6) is 0.498. The van der Waals surface area contributed by atoms with Crippen molar-refractivity contribution in [3.63, 3.8) is 0 Å². The largest absolute Gasteiger partial charge is 0.497 e. The van der Waals surface area contributed by atoms with Gasteiger partial charge in [-0.2, -0.15) is 0 Å². The van der Waals surface area contributed by atoms with Crippen LogP contribution in [0.2, 0.25) is 0 Å². The lowest BCUT2D eigenvalue weighted by Crippen LogP contribution is -2.09. The second kappa shape index (κ2) is 13.5. The number of aryl methyl sites for hydroxylation is 1. The van der Waals surface area contributed by atoms with Gasteiger partial charge < -0.3 is 28.8 Å². The lowest BCUT2D eigenvalue weighted by Gasteiger charge is -2.18. The number of carbonyl (C=O) groups is 1. The first-order valence-corrected chi connectivity index (χ1v) is 14.0. The van der Waals surface area contributed by atoms with Gasteiger partial charge in [-0.1, -0.05) is 13.3 Å². The van der Waals surface area contributed by atoms with Gasteiger partial charge in [-0.25, -0.2) is 18.6 Å². The van der Waals surface area contributed by atoms with Gasteiger partial charge >= 0.3 is 5.97 Å².